The number of carboxylic acid groups (broad SMARTS) is 1. The van der Waals surface area contributed by atoms with Gasteiger partial charge in [-0.05, 0) is 0 Å². The molecule has 0 aliphatic carbocycles. The molecule has 1 heterocycles. The van der Waals surface area contributed by atoms with Crippen LogP contribution in [0.5, 0.6) is 0 Å². The van der Waals surface area contributed by atoms with Crippen molar-refractivity contribution in [1.82, 2.24) is 9.78 Å². The number of nitrogens with zero attached hydrogens (tertiary/aromatic N) is 2. The van der Waals surface area contributed by atoms with Gasteiger partial charge in [0, 0.05) is 24.2 Å². The molecule has 4 nitrogen and oxygen atoms in total. The van der Waals surface area contributed by atoms with E-state index in [4.69, 9.17) is 5.11 Å². The van der Waals surface area contributed by atoms with Crippen LogP contribution in [-0.4, -0.2) is 20.9 Å². The van der Waals surface area contributed by atoms with Gasteiger partial charge in [-0.3, -0.25) is 9.48 Å². The van der Waals surface area contributed by atoms with Crippen molar-refractivity contribution in [3.63, 3.8) is 0 Å². The minimum absolute atomic E-state index is 0.0421. The maximum absolute atomic E-state index is 10.6. The van der Waals surface area contributed by atoms with Crippen molar-refractivity contribution in [2.45, 2.75) is 32.6 Å². The lowest BCUT2D eigenvalue weighted by atomic mass is 9.89. The van der Waals surface area contributed by atoms with Crippen LogP contribution < -0.4 is 0 Å². The molecular formula is C10H16N2O2. The zero-order valence-corrected chi connectivity index (χ0v) is 9.03. The Kier molecular flexibility index (Phi) is 2.64. The van der Waals surface area contributed by atoms with Gasteiger partial charge in [0.1, 0.15) is 0 Å². The molecule has 0 aromatic carbocycles. The lowest BCUT2D eigenvalue weighted by Gasteiger charge is -2.16. The molecule has 1 rings (SSSR count). The summed E-state index contributed by atoms with van der Waals surface area (Å²) in [4.78, 5) is 10.6. The van der Waals surface area contributed by atoms with E-state index >= 15 is 0 Å². The van der Waals surface area contributed by atoms with E-state index in [1.54, 1.807) is 17.9 Å². The molecule has 1 aromatic rings. The molecule has 0 spiro atoms. The maximum Gasteiger partial charge on any atom is 0.307 e. The van der Waals surface area contributed by atoms with Gasteiger partial charge in [0.2, 0.25) is 0 Å². The smallest absolute Gasteiger partial charge is 0.307 e. The third kappa shape index (κ3) is 2.34. The Bertz CT molecular complexity index is 347. The van der Waals surface area contributed by atoms with Crippen LogP contribution in [0.3, 0.4) is 0 Å². The summed E-state index contributed by atoms with van der Waals surface area (Å²) in [7, 11) is 1.81. The highest BCUT2D eigenvalue weighted by Crippen LogP contribution is 2.24. The van der Waals surface area contributed by atoms with Crippen LogP contribution in [0.15, 0.2) is 6.20 Å². The molecule has 1 aromatic heterocycles. The summed E-state index contributed by atoms with van der Waals surface area (Å²) in [5.74, 6) is -0.816. The molecule has 0 aliphatic rings. The van der Waals surface area contributed by atoms with Gasteiger partial charge < -0.3 is 5.11 Å². The first-order valence-corrected chi connectivity index (χ1v) is 4.55. The average molecular weight is 196 g/mol. The number of carbonyl (C=O) groups is 1. The second-order valence-electron chi connectivity index (χ2n) is 4.50. The Balaban J connectivity index is 3.09. The van der Waals surface area contributed by atoms with Crippen LogP contribution >= 0.6 is 0 Å². The highest BCUT2D eigenvalue weighted by Gasteiger charge is 2.22. The molecule has 0 unspecified atom stereocenters. The molecule has 0 atom stereocenters. The van der Waals surface area contributed by atoms with E-state index in [0.717, 1.165) is 11.3 Å². The van der Waals surface area contributed by atoms with Crippen molar-refractivity contribution < 1.29 is 9.90 Å². The van der Waals surface area contributed by atoms with Crippen molar-refractivity contribution in [3.05, 3.63) is 17.5 Å². The zero-order chi connectivity index (χ0) is 10.9. The van der Waals surface area contributed by atoms with Crippen LogP contribution in [0.25, 0.3) is 0 Å². The van der Waals surface area contributed by atoms with Crippen molar-refractivity contribution in [2.24, 2.45) is 7.05 Å². The zero-order valence-electron chi connectivity index (χ0n) is 9.03. The largest absolute Gasteiger partial charge is 0.481 e. The SMILES string of the molecule is Cn1cc(CC(=O)O)c(C(C)(C)C)n1. The van der Waals surface area contributed by atoms with E-state index in [9.17, 15) is 4.79 Å². The summed E-state index contributed by atoms with van der Waals surface area (Å²) >= 11 is 0. The van der Waals surface area contributed by atoms with E-state index < -0.39 is 5.97 Å². The van der Waals surface area contributed by atoms with Gasteiger partial charge in [0.25, 0.3) is 0 Å². The summed E-state index contributed by atoms with van der Waals surface area (Å²) in [6.07, 6.45) is 1.81. The number of aryl methyl sites for hydroxylation is 1. The molecular weight excluding hydrogens is 180 g/mol. The lowest BCUT2D eigenvalue weighted by Crippen LogP contribution is -2.16. The highest BCUT2D eigenvalue weighted by atomic mass is 16.4. The summed E-state index contributed by atoms with van der Waals surface area (Å²) in [6, 6.07) is 0. The number of rotatable bonds is 2. The molecule has 78 valence electrons. The van der Waals surface area contributed by atoms with Gasteiger partial charge in [-0.25, -0.2) is 0 Å². The summed E-state index contributed by atoms with van der Waals surface area (Å²) < 4.78 is 1.67. The van der Waals surface area contributed by atoms with Crippen molar-refractivity contribution in [3.8, 4) is 0 Å². The topological polar surface area (TPSA) is 55.1 Å². The van der Waals surface area contributed by atoms with Crippen LogP contribution in [-0.2, 0) is 23.7 Å². The first-order chi connectivity index (χ1) is 6.30. The van der Waals surface area contributed by atoms with E-state index in [1.165, 1.54) is 0 Å². The Hall–Kier alpha value is -1.32. The molecule has 1 N–H and O–H groups in total. The molecule has 0 fully saturated rings. The Morgan fingerprint density at radius 3 is 2.57 bits per heavy atom. The molecule has 0 saturated carbocycles. The molecule has 14 heavy (non-hydrogen) atoms. The first-order valence-electron chi connectivity index (χ1n) is 4.55. The minimum atomic E-state index is -0.816. The standard InChI is InChI=1S/C10H16N2O2/c1-10(2,3)9-7(5-8(13)14)6-12(4)11-9/h6H,5H2,1-4H3,(H,13,14). The normalized spacial score (nSPS) is 11.7. The van der Waals surface area contributed by atoms with Gasteiger partial charge in [0.05, 0.1) is 12.1 Å². The van der Waals surface area contributed by atoms with Crippen molar-refractivity contribution in [2.75, 3.05) is 0 Å². The third-order valence-corrected chi connectivity index (χ3v) is 1.96. The molecule has 0 bridgehead atoms. The van der Waals surface area contributed by atoms with E-state index in [-0.39, 0.29) is 11.8 Å². The van der Waals surface area contributed by atoms with Crippen LogP contribution in [0, 0.1) is 0 Å². The van der Waals surface area contributed by atoms with E-state index in [0.29, 0.717) is 0 Å². The monoisotopic (exact) mass is 196 g/mol. The van der Waals surface area contributed by atoms with Gasteiger partial charge in [-0.15, -0.1) is 0 Å². The number of hydrogen-bond donors (Lipinski definition) is 1. The predicted molar refractivity (Wildman–Crippen MR) is 53.2 cm³/mol. The number of aliphatic carboxylic acids is 1. The predicted octanol–water partition coefficient (Wildman–Crippen LogP) is 1.34. The lowest BCUT2D eigenvalue weighted by molar-refractivity contribution is -0.136. The first kappa shape index (κ1) is 10.8. The van der Waals surface area contributed by atoms with Gasteiger partial charge >= 0.3 is 5.97 Å². The third-order valence-electron chi connectivity index (χ3n) is 1.96. The fourth-order valence-corrected chi connectivity index (χ4v) is 1.46. The van der Waals surface area contributed by atoms with Gasteiger partial charge in [-0.1, -0.05) is 20.8 Å². The maximum atomic E-state index is 10.6. The summed E-state index contributed by atoms with van der Waals surface area (Å²) in [5.41, 5.74) is 1.56. The van der Waals surface area contributed by atoms with Crippen LogP contribution in [0.4, 0.5) is 0 Å². The number of carboxylic acids is 1. The van der Waals surface area contributed by atoms with Gasteiger partial charge in [0.15, 0.2) is 0 Å². The van der Waals surface area contributed by atoms with Crippen molar-refractivity contribution in [1.29, 1.82) is 0 Å². The van der Waals surface area contributed by atoms with Crippen LogP contribution in [0.1, 0.15) is 32.0 Å². The molecule has 0 amide bonds. The highest BCUT2D eigenvalue weighted by molar-refractivity contribution is 5.70. The fraction of sp³-hybridized carbons (Fsp3) is 0.600. The molecule has 4 heteroatoms. The molecule has 0 radical (unpaired) electrons. The van der Waals surface area contributed by atoms with Gasteiger partial charge in [-0.2, -0.15) is 5.10 Å². The minimum Gasteiger partial charge on any atom is -0.481 e. The summed E-state index contributed by atoms with van der Waals surface area (Å²) in [6.45, 7) is 6.09. The quantitative estimate of drug-likeness (QED) is 0.776. The second-order valence-corrected chi connectivity index (χ2v) is 4.50. The average Bonchev–Trinajstić information content (AvgIpc) is 2.28. The number of aromatic nitrogens is 2. The van der Waals surface area contributed by atoms with Crippen LogP contribution in [0.2, 0.25) is 0 Å². The fourth-order valence-electron chi connectivity index (χ4n) is 1.46. The second kappa shape index (κ2) is 3.44. The van der Waals surface area contributed by atoms with E-state index in [2.05, 4.69) is 5.10 Å². The Morgan fingerprint density at radius 2 is 2.14 bits per heavy atom. The Labute approximate surface area is 83.5 Å². The molecule has 0 saturated heterocycles. The summed E-state index contributed by atoms with van der Waals surface area (Å²) in [5, 5.41) is 13.0. The Morgan fingerprint density at radius 1 is 1.57 bits per heavy atom. The van der Waals surface area contributed by atoms with Crippen molar-refractivity contribution >= 4 is 5.97 Å². The number of hydrogen-bond acceptors (Lipinski definition) is 2. The van der Waals surface area contributed by atoms with E-state index in [1.807, 2.05) is 20.8 Å². The molecule has 0 aliphatic heterocycles.